The van der Waals surface area contributed by atoms with Crippen molar-refractivity contribution in [2.24, 2.45) is 0 Å². The monoisotopic (exact) mass is 354 g/mol. The van der Waals surface area contributed by atoms with E-state index in [1.54, 1.807) is 41.6 Å². The molecule has 0 spiro atoms. The zero-order chi connectivity index (χ0) is 17.9. The Morgan fingerprint density at radius 3 is 2.92 bits per heavy atom. The highest BCUT2D eigenvalue weighted by atomic mass is 19.1. The highest BCUT2D eigenvalue weighted by Crippen LogP contribution is 2.32. The van der Waals surface area contributed by atoms with E-state index in [9.17, 15) is 9.18 Å². The zero-order valence-electron chi connectivity index (χ0n) is 14.2. The van der Waals surface area contributed by atoms with Crippen molar-refractivity contribution < 1.29 is 13.6 Å². The summed E-state index contributed by atoms with van der Waals surface area (Å²) in [7, 11) is 0. The van der Waals surface area contributed by atoms with E-state index in [1.807, 2.05) is 4.90 Å². The summed E-state index contributed by atoms with van der Waals surface area (Å²) < 4.78 is 20.7. The maximum absolute atomic E-state index is 13.0. The van der Waals surface area contributed by atoms with Gasteiger partial charge in [0.2, 0.25) is 11.8 Å². The summed E-state index contributed by atoms with van der Waals surface area (Å²) in [5.41, 5.74) is 0.952. The van der Waals surface area contributed by atoms with Gasteiger partial charge in [0.25, 0.3) is 0 Å². The van der Waals surface area contributed by atoms with Gasteiger partial charge in [-0.15, -0.1) is 0 Å². The number of hydrogen-bond acceptors (Lipinski definition) is 4. The Balaban J connectivity index is 1.45. The molecule has 0 bridgehead atoms. The molecule has 1 aliphatic heterocycles. The number of aromatic nitrogens is 3. The van der Waals surface area contributed by atoms with Crippen molar-refractivity contribution in [2.75, 3.05) is 6.54 Å². The first kappa shape index (κ1) is 16.5. The maximum Gasteiger partial charge on any atom is 0.243 e. The summed E-state index contributed by atoms with van der Waals surface area (Å²) in [5.74, 6) is 1.05. The van der Waals surface area contributed by atoms with Crippen molar-refractivity contribution in [3.8, 4) is 0 Å². The van der Waals surface area contributed by atoms with Crippen molar-refractivity contribution >= 4 is 5.91 Å². The van der Waals surface area contributed by atoms with Crippen LogP contribution in [0.25, 0.3) is 0 Å². The van der Waals surface area contributed by atoms with Crippen LogP contribution in [-0.2, 0) is 17.8 Å². The molecule has 1 aromatic carbocycles. The molecule has 0 N–H and O–H groups in total. The van der Waals surface area contributed by atoms with Crippen LogP contribution in [0.15, 0.2) is 53.6 Å². The predicted molar refractivity (Wildman–Crippen MR) is 91.6 cm³/mol. The number of imidazole rings is 1. The Morgan fingerprint density at radius 2 is 2.15 bits per heavy atom. The summed E-state index contributed by atoms with van der Waals surface area (Å²) in [6, 6.07) is 6.19. The molecule has 1 fully saturated rings. The SMILES string of the molecule is O=C(Cn1ccnc1)N1CCCC1c1ncc(Cc2ccc(F)cc2)o1. The van der Waals surface area contributed by atoms with Gasteiger partial charge in [-0.25, -0.2) is 14.4 Å². The van der Waals surface area contributed by atoms with Crippen molar-refractivity contribution in [2.45, 2.75) is 31.8 Å². The third kappa shape index (κ3) is 3.51. The van der Waals surface area contributed by atoms with Crippen LogP contribution in [0.5, 0.6) is 0 Å². The van der Waals surface area contributed by atoms with Crippen LogP contribution >= 0.6 is 0 Å². The molecular formula is C19H19FN4O2. The van der Waals surface area contributed by atoms with Crippen molar-refractivity contribution in [1.82, 2.24) is 19.4 Å². The fourth-order valence-electron chi connectivity index (χ4n) is 3.31. The van der Waals surface area contributed by atoms with Gasteiger partial charge in [-0.05, 0) is 30.5 Å². The smallest absolute Gasteiger partial charge is 0.243 e. The Bertz CT molecular complexity index is 873. The largest absolute Gasteiger partial charge is 0.443 e. The number of oxazole rings is 1. The van der Waals surface area contributed by atoms with Crippen molar-refractivity contribution in [3.63, 3.8) is 0 Å². The van der Waals surface area contributed by atoms with Gasteiger partial charge >= 0.3 is 0 Å². The van der Waals surface area contributed by atoms with E-state index in [-0.39, 0.29) is 24.3 Å². The highest BCUT2D eigenvalue weighted by molar-refractivity contribution is 5.76. The van der Waals surface area contributed by atoms with Gasteiger partial charge in [-0.1, -0.05) is 12.1 Å². The second-order valence-corrected chi connectivity index (χ2v) is 6.45. The molecule has 4 rings (SSSR count). The van der Waals surface area contributed by atoms with E-state index in [4.69, 9.17) is 4.42 Å². The van der Waals surface area contributed by atoms with Gasteiger partial charge < -0.3 is 13.9 Å². The number of halogens is 1. The zero-order valence-corrected chi connectivity index (χ0v) is 14.2. The van der Waals surface area contributed by atoms with Crippen LogP contribution in [-0.4, -0.2) is 31.9 Å². The molecule has 0 aliphatic carbocycles. The van der Waals surface area contributed by atoms with E-state index in [2.05, 4.69) is 9.97 Å². The molecule has 0 saturated carbocycles. The van der Waals surface area contributed by atoms with Gasteiger partial charge in [0, 0.05) is 25.4 Å². The Morgan fingerprint density at radius 1 is 1.31 bits per heavy atom. The number of amides is 1. The van der Waals surface area contributed by atoms with Crippen LogP contribution in [0, 0.1) is 5.82 Å². The normalized spacial score (nSPS) is 17.0. The number of rotatable bonds is 5. The first-order chi connectivity index (χ1) is 12.7. The summed E-state index contributed by atoms with van der Waals surface area (Å²) >= 11 is 0. The number of carbonyl (C=O) groups is 1. The molecule has 3 heterocycles. The van der Waals surface area contributed by atoms with Gasteiger partial charge in [-0.2, -0.15) is 0 Å². The van der Waals surface area contributed by atoms with Crippen molar-refractivity contribution in [3.05, 3.63) is 72.2 Å². The van der Waals surface area contributed by atoms with Gasteiger partial charge in [0.15, 0.2) is 0 Å². The summed E-state index contributed by atoms with van der Waals surface area (Å²) in [6.07, 6.45) is 9.06. The number of benzene rings is 1. The Kier molecular flexibility index (Phi) is 4.51. The number of hydrogen-bond donors (Lipinski definition) is 0. The quantitative estimate of drug-likeness (QED) is 0.707. The second kappa shape index (κ2) is 7.11. The molecule has 1 unspecified atom stereocenters. The minimum atomic E-state index is -0.259. The Labute approximate surface area is 150 Å². The molecule has 134 valence electrons. The third-order valence-corrected chi connectivity index (χ3v) is 4.60. The number of carbonyl (C=O) groups excluding carboxylic acids is 1. The topological polar surface area (TPSA) is 64.2 Å². The molecule has 1 amide bonds. The van der Waals surface area contributed by atoms with E-state index < -0.39 is 0 Å². The van der Waals surface area contributed by atoms with Gasteiger partial charge in [0.1, 0.15) is 24.2 Å². The van der Waals surface area contributed by atoms with Crippen LogP contribution in [0.3, 0.4) is 0 Å². The number of likely N-dealkylation sites (tertiary alicyclic amines) is 1. The minimum absolute atomic E-state index is 0.0313. The average molecular weight is 354 g/mol. The van der Waals surface area contributed by atoms with Crippen molar-refractivity contribution in [1.29, 1.82) is 0 Å². The first-order valence-corrected chi connectivity index (χ1v) is 8.63. The molecular weight excluding hydrogens is 335 g/mol. The summed E-state index contributed by atoms with van der Waals surface area (Å²) in [5, 5.41) is 0. The van der Waals surface area contributed by atoms with Crippen LogP contribution in [0.2, 0.25) is 0 Å². The molecule has 3 aromatic rings. The molecule has 0 radical (unpaired) electrons. The highest BCUT2D eigenvalue weighted by Gasteiger charge is 2.33. The van der Waals surface area contributed by atoms with Crippen LogP contribution < -0.4 is 0 Å². The standard InChI is InChI=1S/C19H19FN4O2/c20-15-5-3-14(4-6-15)10-16-11-22-19(26-16)17-2-1-8-24(17)18(25)12-23-9-7-21-13-23/h3-7,9,11,13,17H,1-2,8,10,12H2. The lowest BCUT2D eigenvalue weighted by atomic mass is 10.1. The summed E-state index contributed by atoms with van der Waals surface area (Å²) in [6.45, 7) is 0.966. The Hall–Kier alpha value is -2.96. The second-order valence-electron chi connectivity index (χ2n) is 6.45. The average Bonchev–Trinajstić information content (AvgIpc) is 3.37. The number of nitrogens with zero attached hydrogens (tertiary/aromatic N) is 4. The maximum atomic E-state index is 13.0. The lowest BCUT2D eigenvalue weighted by molar-refractivity contribution is -0.133. The predicted octanol–water partition coefficient (Wildman–Crippen LogP) is 2.96. The van der Waals surface area contributed by atoms with E-state index >= 15 is 0 Å². The fourth-order valence-corrected chi connectivity index (χ4v) is 3.31. The van der Waals surface area contributed by atoms with Crippen LogP contribution in [0.1, 0.15) is 36.1 Å². The molecule has 1 atom stereocenters. The van der Waals surface area contributed by atoms with E-state index in [0.717, 1.165) is 18.4 Å². The lowest BCUT2D eigenvalue weighted by Gasteiger charge is -2.22. The lowest BCUT2D eigenvalue weighted by Crippen LogP contribution is -2.33. The van der Waals surface area contributed by atoms with Gasteiger partial charge in [0.05, 0.1) is 12.5 Å². The molecule has 1 saturated heterocycles. The minimum Gasteiger partial charge on any atom is -0.443 e. The fraction of sp³-hybridized carbons (Fsp3) is 0.316. The van der Waals surface area contributed by atoms with Crippen LogP contribution in [0.4, 0.5) is 4.39 Å². The molecule has 2 aromatic heterocycles. The molecule has 6 nitrogen and oxygen atoms in total. The molecule has 1 aliphatic rings. The molecule has 7 heteroatoms. The van der Waals surface area contributed by atoms with E-state index in [0.29, 0.717) is 24.6 Å². The first-order valence-electron chi connectivity index (χ1n) is 8.63. The van der Waals surface area contributed by atoms with E-state index in [1.165, 1.54) is 12.1 Å². The third-order valence-electron chi connectivity index (χ3n) is 4.60. The van der Waals surface area contributed by atoms with Gasteiger partial charge in [-0.3, -0.25) is 4.79 Å². The summed E-state index contributed by atoms with van der Waals surface area (Å²) in [4.78, 5) is 22.8. The molecule has 26 heavy (non-hydrogen) atoms.